The van der Waals surface area contributed by atoms with Gasteiger partial charge in [-0.1, -0.05) is 12.8 Å². The van der Waals surface area contributed by atoms with Crippen LogP contribution in [0.3, 0.4) is 0 Å². The zero-order chi connectivity index (χ0) is 11.6. The number of thiophene rings is 1. The number of rotatable bonds is 3. The Labute approximate surface area is 109 Å². The highest BCUT2D eigenvalue weighted by atomic mass is 79.9. The molecule has 0 aromatic carbocycles. The van der Waals surface area contributed by atoms with Gasteiger partial charge in [0.2, 0.25) is 0 Å². The first-order valence-electron chi connectivity index (χ1n) is 5.63. The average Bonchev–Trinajstić information content (AvgIpc) is 2.64. The maximum Gasteiger partial charge on any atom is 0.0956 e. The van der Waals surface area contributed by atoms with Crippen LogP contribution < -0.4 is 0 Å². The van der Waals surface area contributed by atoms with Crippen molar-refractivity contribution in [2.24, 2.45) is 0 Å². The molecule has 0 aliphatic heterocycles. The second kappa shape index (κ2) is 5.17. The lowest BCUT2D eigenvalue weighted by molar-refractivity contribution is -0.115. The lowest BCUT2D eigenvalue weighted by Gasteiger charge is -2.39. The van der Waals surface area contributed by atoms with Gasteiger partial charge in [0.1, 0.15) is 0 Å². The molecule has 0 amide bonds. The van der Waals surface area contributed by atoms with Crippen molar-refractivity contribution in [3.63, 3.8) is 0 Å². The highest BCUT2D eigenvalue weighted by Crippen LogP contribution is 2.36. The summed E-state index contributed by atoms with van der Waals surface area (Å²) in [4.78, 5) is 1.21. The van der Waals surface area contributed by atoms with E-state index in [1.165, 1.54) is 4.88 Å². The molecule has 0 bridgehead atoms. The highest BCUT2D eigenvalue weighted by molar-refractivity contribution is 9.10. The molecule has 1 saturated carbocycles. The molecule has 2 atom stereocenters. The third-order valence-corrected chi connectivity index (χ3v) is 5.29. The fourth-order valence-corrected chi connectivity index (χ4v) is 4.07. The molecule has 90 valence electrons. The molecule has 1 fully saturated rings. The normalized spacial score (nSPS) is 30.6. The molecule has 0 saturated heterocycles. The number of hydrogen-bond acceptors (Lipinski definition) is 3. The first-order valence-corrected chi connectivity index (χ1v) is 7.30. The van der Waals surface area contributed by atoms with Gasteiger partial charge < -0.3 is 9.84 Å². The van der Waals surface area contributed by atoms with Gasteiger partial charge in [-0.15, -0.1) is 11.3 Å². The van der Waals surface area contributed by atoms with E-state index in [0.29, 0.717) is 6.42 Å². The Morgan fingerprint density at radius 2 is 2.44 bits per heavy atom. The molecule has 1 aromatic rings. The third-order valence-electron chi connectivity index (χ3n) is 3.37. The van der Waals surface area contributed by atoms with Gasteiger partial charge in [0.15, 0.2) is 0 Å². The molecule has 1 heterocycles. The summed E-state index contributed by atoms with van der Waals surface area (Å²) in [7, 11) is 1.70. The molecule has 2 nitrogen and oxygen atoms in total. The predicted molar refractivity (Wildman–Crippen MR) is 69.9 cm³/mol. The Kier molecular flexibility index (Phi) is 4.06. The molecule has 16 heavy (non-hydrogen) atoms. The smallest absolute Gasteiger partial charge is 0.0956 e. The van der Waals surface area contributed by atoms with Crippen LogP contribution in [0.4, 0.5) is 0 Å². The van der Waals surface area contributed by atoms with Crippen LogP contribution in [0.15, 0.2) is 15.9 Å². The van der Waals surface area contributed by atoms with E-state index in [9.17, 15) is 5.11 Å². The van der Waals surface area contributed by atoms with Gasteiger partial charge >= 0.3 is 0 Å². The minimum absolute atomic E-state index is 0.0183. The van der Waals surface area contributed by atoms with E-state index in [-0.39, 0.29) is 6.10 Å². The van der Waals surface area contributed by atoms with Crippen LogP contribution in [0.1, 0.15) is 30.6 Å². The summed E-state index contributed by atoms with van der Waals surface area (Å²) >= 11 is 5.21. The van der Waals surface area contributed by atoms with Crippen LogP contribution in [0.25, 0.3) is 0 Å². The van der Waals surface area contributed by atoms with Gasteiger partial charge in [0, 0.05) is 22.9 Å². The van der Waals surface area contributed by atoms with E-state index in [4.69, 9.17) is 4.74 Å². The molecule has 4 heteroatoms. The topological polar surface area (TPSA) is 29.5 Å². The molecule has 1 aliphatic carbocycles. The maximum absolute atomic E-state index is 10.7. The molecular weight excluding hydrogens is 288 g/mol. The fraction of sp³-hybridized carbons (Fsp3) is 0.667. The van der Waals surface area contributed by atoms with Crippen LogP contribution in [-0.4, -0.2) is 23.9 Å². The zero-order valence-corrected chi connectivity index (χ0v) is 11.8. The minimum atomic E-state index is -0.680. The van der Waals surface area contributed by atoms with Crippen molar-refractivity contribution in [2.45, 2.75) is 43.8 Å². The average molecular weight is 305 g/mol. The van der Waals surface area contributed by atoms with Crippen molar-refractivity contribution < 1.29 is 9.84 Å². The minimum Gasteiger partial charge on any atom is -0.387 e. The monoisotopic (exact) mass is 304 g/mol. The Balaban J connectivity index is 2.14. The van der Waals surface area contributed by atoms with Gasteiger partial charge in [-0.05, 0) is 40.2 Å². The number of aliphatic hydroxyl groups is 1. The standard InChI is InChI=1S/C12H17BrO2S/c1-15-11-4-2-3-6-12(11,14)8-10-9(13)5-7-16-10/h5,7,11,14H,2-4,6,8H2,1H3. The van der Waals surface area contributed by atoms with Crippen molar-refractivity contribution in [1.82, 2.24) is 0 Å². The number of hydrogen-bond donors (Lipinski definition) is 1. The summed E-state index contributed by atoms with van der Waals surface area (Å²) in [6, 6.07) is 2.04. The van der Waals surface area contributed by atoms with Crippen molar-refractivity contribution in [2.75, 3.05) is 7.11 Å². The first-order chi connectivity index (χ1) is 7.65. The number of ether oxygens (including phenoxy) is 1. The van der Waals surface area contributed by atoms with Gasteiger partial charge in [-0.3, -0.25) is 0 Å². The van der Waals surface area contributed by atoms with Gasteiger partial charge in [-0.2, -0.15) is 0 Å². The Morgan fingerprint density at radius 3 is 3.06 bits per heavy atom. The fourth-order valence-electron chi connectivity index (χ4n) is 2.46. The van der Waals surface area contributed by atoms with Crippen LogP contribution in [-0.2, 0) is 11.2 Å². The van der Waals surface area contributed by atoms with E-state index in [1.807, 2.05) is 11.4 Å². The van der Waals surface area contributed by atoms with E-state index >= 15 is 0 Å². The lowest BCUT2D eigenvalue weighted by Crippen LogP contribution is -2.47. The maximum atomic E-state index is 10.7. The largest absolute Gasteiger partial charge is 0.387 e. The molecule has 2 rings (SSSR count). The van der Waals surface area contributed by atoms with E-state index < -0.39 is 5.60 Å². The van der Waals surface area contributed by atoms with Crippen LogP contribution in [0.5, 0.6) is 0 Å². The van der Waals surface area contributed by atoms with Crippen LogP contribution in [0.2, 0.25) is 0 Å². The zero-order valence-electron chi connectivity index (χ0n) is 9.41. The number of halogens is 1. The molecule has 2 unspecified atom stereocenters. The number of methoxy groups -OCH3 is 1. The summed E-state index contributed by atoms with van der Waals surface area (Å²) in [5.41, 5.74) is -0.680. The summed E-state index contributed by atoms with van der Waals surface area (Å²) in [6.45, 7) is 0. The van der Waals surface area contributed by atoms with Crippen molar-refractivity contribution >= 4 is 27.3 Å². The van der Waals surface area contributed by atoms with Gasteiger partial charge in [-0.25, -0.2) is 0 Å². The predicted octanol–water partition coefficient (Wildman–Crippen LogP) is 3.37. The molecular formula is C12H17BrO2S. The van der Waals surface area contributed by atoms with Crippen molar-refractivity contribution in [1.29, 1.82) is 0 Å². The first kappa shape index (κ1) is 12.6. The van der Waals surface area contributed by atoms with Crippen molar-refractivity contribution in [3.05, 3.63) is 20.8 Å². The van der Waals surface area contributed by atoms with Gasteiger partial charge in [0.05, 0.1) is 11.7 Å². The van der Waals surface area contributed by atoms with Crippen LogP contribution >= 0.6 is 27.3 Å². The highest BCUT2D eigenvalue weighted by Gasteiger charge is 2.39. The Morgan fingerprint density at radius 1 is 1.62 bits per heavy atom. The molecule has 0 radical (unpaired) electrons. The summed E-state index contributed by atoms with van der Waals surface area (Å²) in [5, 5.41) is 12.7. The second-order valence-electron chi connectivity index (χ2n) is 4.44. The summed E-state index contributed by atoms with van der Waals surface area (Å²) < 4.78 is 6.54. The van der Waals surface area contributed by atoms with Gasteiger partial charge in [0.25, 0.3) is 0 Å². The Hall–Kier alpha value is 0.100. The Bertz CT molecular complexity index is 353. The SMILES string of the molecule is COC1CCCCC1(O)Cc1sccc1Br. The van der Waals surface area contributed by atoms with E-state index in [2.05, 4.69) is 15.9 Å². The van der Waals surface area contributed by atoms with Crippen LogP contribution in [0, 0.1) is 0 Å². The van der Waals surface area contributed by atoms with E-state index in [0.717, 1.165) is 30.2 Å². The summed E-state index contributed by atoms with van der Waals surface area (Å²) in [5.74, 6) is 0. The molecule has 1 aromatic heterocycles. The third kappa shape index (κ3) is 2.50. The lowest BCUT2D eigenvalue weighted by atomic mass is 9.79. The quantitative estimate of drug-likeness (QED) is 0.928. The second-order valence-corrected chi connectivity index (χ2v) is 6.30. The molecule has 1 aliphatic rings. The van der Waals surface area contributed by atoms with Crippen molar-refractivity contribution in [3.8, 4) is 0 Å². The molecule has 0 spiro atoms. The summed E-state index contributed by atoms with van der Waals surface area (Å²) in [6.07, 6.45) is 4.75. The van der Waals surface area contributed by atoms with E-state index in [1.54, 1.807) is 18.4 Å². The molecule has 1 N–H and O–H groups in total.